The van der Waals surface area contributed by atoms with Crippen LogP contribution in [0.5, 0.6) is 0 Å². The number of carbonyl (C=O) groups is 1. The number of sulfonamides is 1. The first-order chi connectivity index (χ1) is 11.9. The fourth-order valence-corrected chi connectivity index (χ4v) is 4.10. The van der Waals surface area contributed by atoms with Gasteiger partial charge in [-0.05, 0) is 53.8 Å². The van der Waals surface area contributed by atoms with Gasteiger partial charge >= 0.3 is 0 Å². The van der Waals surface area contributed by atoms with Gasteiger partial charge in [-0.25, -0.2) is 8.42 Å². The third kappa shape index (κ3) is 3.85. The molecule has 2 aromatic rings. The Bertz CT molecular complexity index is 889. The molecule has 0 saturated heterocycles. The maximum absolute atomic E-state index is 12.7. The molecule has 0 bridgehead atoms. The number of fused-ring (bicyclic) bond motifs is 1. The number of anilines is 1. The second kappa shape index (κ2) is 6.88. The van der Waals surface area contributed by atoms with Crippen LogP contribution in [-0.2, 0) is 34.2 Å². The van der Waals surface area contributed by atoms with Crippen molar-refractivity contribution in [3.8, 4) is 0 Å². The Balaban J connectivity index is 1.85. The molecule has 0 atom stereocenters. The zero-order chi connectivity index (χ0) is 18.0. The summed E-state index contributed by atoms with van der Waals surface area (Å²) in [6.45, 7) is 4.72. The summed E-state index contributed by atoms with van der Waals surface area (Å²) < 4.78 is 27.9. The van der Waals surface area contributed by atoms with E-state index in [1.54, 1.807) is 29.2 Å². The molecule has 0 saturated carbocycles. The average Bonchev–Trinajstić information content (AvgIpc) is 2.61. The van der Waals surface area contributed by atoms with Gasteiger partial charge in [0.1, 0.15) is 0 Å². The predicted molar refractivity (Wildman–Crippen MR) is 97.9 cm³/mol. The summed E-state index contributed by atoms with van der Waals surface area (Å²) in [6, 6.07) is 12.5. The number of hydrogen-bond donors (Lipinski definition) is 1. The van der Waals surface area contributed by atoms with E-state index in [9.17, 15) is 13.2 Å². The normalized spacial score (nSPS) is 14.1. The Morgan fingerprint density at radius 1 is 1.12 bits per heavy atom. The third-order valence-corrected chi connectivity index (χ3v) is 5.94. The van der Waals surface area contributed by atoms with E-state index in [1.807, 2.05) is 18.2 Å². The minimum absolute atomic E-state index is 0.00745. The molecule has 0 spiro atoms. The molecule has 1 heterocycles. The van der Waals surface area contributed by atoms with E-state index in [2.05, 4.69) is 11.6 Å². The van der Waals surface area contributed by atoms with Crippen molar-refractivity contribution in [1.29, 1.82) is 0 Å². The number of aryl methyl sites for hydroxylation is 1. The second-order valence-electron chi connectivity index (χ2n) is 6.28. The van der Waals surface area contributed by atoms with Gasteiger partial charge in [-0.15, -0.1) is 0 Å². The maximum atomic E-state index is 12.7. The quantitative estimate of drug-likeness (QED) is 0.914. The molecule has 0 aromatic heterocycles. The summed E-state index contributed by atoms with van der Waals surface area (Å²) >= 11 is 0. The molecular weight excluding hydrogens is 336 g/mol. The molecule has 25 heavy (non-hydrogen) atoms. The van der Waals surface area contributed by atoms with Gasteiger partial charge in [0.05, 0.1) is 4.90 Å². The van der Waals surface area contributed by atoms with Gasteiger partial charge in [-0.2, -0.15) is 0 Å². The Morgan fingerprint density at radius 2 is 1.84 bits per heavy atom. The predicted octanol–water partition coefficient (Wildman–Crippen LogP) is 2.95. The lowest BCUT2D eigenvalue weighted by Gasteiger charge is -2.28. The van der Waals surface area contributed by atoms with Crippen molar-refractivity contribution in [3.63, 3.8) is 0 Å². The summed E-state index contributed by atoms with van der Waals surface area (Å²) in [5, 5.41) is 0. The lowest BCUT2D eigenvalue weighted by molar-refractivity contribution is -0.129. The van der Waals surface area contributed by atoms with Gasteiger partial charge < -0.3 is 4.90 Å². The Hall–Kier alpha value is -2.34. The van der Waals surface area contributed by atoms with Gasteiger partial charge in [0, 0.05) is 25.7 Å². The molecule has 1 amide bonds. The smallest absolute Gasteiger partial charge is 0.261 e. The lowest BCUT2D eigenvalue weighted by atomic mass is 10.00. The zero-order valence-electron chi connectivity index (χ0n) is 14.5. The molecule has 6 heteroatoms. The van der Waals surface area contributed by atoms with Gasteiger partial charge in [0.2, 0.25) is 5.91 Å². The van der Waals surface area contributed by atoms with Crippen molar-refractivity contribution in [2.24, 2.45) is 0 Å². The maximum Gasteiger partial charge on any atom is 0.261 e. The van der Waals surface area contributed by atoms with E-state index in [0.717, 1.165) is 29.5 Å². The van der Waals surface area contributed by atoms with Crippen LogP contribution in [0, 0.1) is 0 Å². The van der Waals surface area contributed by atoms with Crippen molar-refractivity contribution in [3.05, 3.63) is 59.2 Å². The fraction of sp³-hybridized carbons (Fsp3) is 0.316. The summed E-state index contributed by atoms with van der Waals surface area (Å²) in [7, 11) is -3.66. The van der Waals surface area contributed by atoms with Gasteiger partial charge in [0.25, 0.3) is 10.0 Å². The van der Waals surface area contributed by atoms with Crippen LogP contribution in [0.1, 0.15) is 30.5 Å². The highest BCUT2D eigenvalue weighted by Crippen LogP contribution is 2.24. The average molecular weight is 358 g/mol. The van der Waals surface area contributed by atoms with E-state index in [-0.39, 0.29) is 10.8 Å². The molecule has 5 nitrogen and oxygen atoms in total. The lowest BCUT2D eigenvalue weighted by Crippen LogP contribution is -2.34. The first-order valence-electron chi connectivity index (χ1n) is 8.38. The van der Waals surface area contributed by atoms with Crippen molar-refractivity contribution in [1.82, 2.24) is 4.90 Å². The highest BCUT2D eigenvalue weighted by molar-refractivity contribution is 7.92. The van der Waals surface area contributed by atoms with Crippen LogP contribution in [0.15, 0.2) is 47.4 Å². The number of rotatable bonds is 4. The molecule has 2 aromatic carbocycles. The van der Waals surface area contributed by atoms with Crippen molar-refractivity contribution >= 4 is 21.6 Å². The Morgan fingerprint density at radius 3 is 2.48 bits per heavy atom. The van der Waals surface area contributed by atoms with Crippen LogP contribution >= 0.6 is 0 Å². The van der Waals surface area contributed by atoms with Crippen LogP contribution in [0.2, 0.25) is 0 Å². The van der Waals surface area contributed by atoms with Crippen LogP contribution in [-0.4, -0.2) is 25.8 Å². The number of hydrogen-bond acceptors (Lipinski definition) is 3. The summed E-state index contributed by atoms with van der Waals surface area (Å²) in [6.07, 6.45) is 1.66. The minimum Gasteiger partial charge on any atom is -0.338 e. The number of nitrogens with one attached hydrogen (secondary N) is 1. The number of nitrogens with zero attached hydrogens (tertiary/aromatic N) is 1. The molecule has 3 rings (SSSR count). The summed E-state index contributed by atoms with van der Waals surface area (Å²) in [5.41, 5.74) is 3.69. The molecule has 0 radical (unpaired) electrons. The molecule has 132 valence electrons. The van der Waals surface area contributed by atoms with E-state index in [4.69, 9.17) is 0 Å². The monoisotopic (exact) mass is 358 g/mol. The number of carbonyl (C=O) groups excluding carboxylic acids is 1. The highest BCUT2D eigenvalue weighted by Gasteiger charge is 2.21. The van der Waals surface area contributed by atoms with Crippen molar-refractivity contribution in [2.45, 2.75) is 38.1 Å². The molecular formula is C19H22N2O3S. The standard InChI is InChI=1S/C19H22N2O3S/c1-3-15-4-7-18(8-5-15)20-25(23,24)19-9-6-16-10-11-21(14(2)22)13-17(16)12-19/h4-9,12,20H,3,10-11,13H2,1-2H3. The Labute approximate surface area is 148 Å². The van der Waals surface area contributed by atoms with Crippen LogP contribution in [0.25, 0.3) is 0 Å². The van der Waals surface area contributed by atoms with E-state index in [0.29, 0.717) is 18.8 Å². The van der Waals surface area contributed by atoms with Crippen molar-refractivity contribution < 1.29 is 13.2 Å². The van der Waals surface area contributed by atoms with E-state index >= 15 is 0 Å². The SMILES string of the molecule is CCc1ccc(NS(=O)(=O)c2ccc3c(c2)CN(C(C)=O)CC3)cc1. The third-order valence-electron chi connectivity index (χ3n) is 4.56. The molecule has 1 aliphatic rings. The first kappa shape index (κ1) is 17.5. The second-order valence-corrected chi connectivity index (χ2v) is 7.96. The van der Waals surface area contributed by atoms with Crippen LogP contribution in [0.3, 0.4) is 0 Å². The van der Waals surface area contributed by atoms with E-state index in [1.165, 1.54) is 6.92 Å². The molecule has 0 fully saturated rings. The van der Waals surface area contributed by atoms with Gasteiger partial charge in [0.15, 0.2) is 0 Å². The largest absolute Gasteiger partial charge is 0.338 e. The highest BCUT2D eigenvalue weighted by atomic mass is 32.2. The number of amides is 1. The minimum atomic E-state index is -3.66. The topological polar surface area (TPSA) is 66.5 Å². The Kier molecular flexibility index (Phi) is 4.81. The van der Waals surface area contributed by atoms with Crippen molar-refractivity contribution in [2.75, 3.05) is 11.3 Å². The molecule has 0 unspecified atom stereocenters. The fourth-order valence-electron chi connectivity index (χ4n) is 2.99. The van der Waals surface area contributed by atoms with Gasteiger partial charge in [-0.1, -0.05) is 25.1 Å². The summed E-state index contributed by atoms with van der Waals surface area (Å²) in [5.74, 6) is 0.00745. The summed E-state index contributed by atoms with van der Waals surface area (Å²) in [4.78, 5) is 13.5. The molecule has 1 N–H and O–H groups in total. The first-order valence-corrected chi connectivity index (χ1v) is 9.86. The zero-order valence-corrected chi connectivity index (χ0v) is 15.3. The molecule has 0 aliphatic carbocycles. The van der Waals surface area contributed by atoms with Crippen LogP contribution in [0.4, 0.5) is 5.69 Å². The van der Waals surface area contributed by atoms with Gasteiger partial charge in [-0.3, -0.25) is 9.52 Å². The molecule has 1 aliphatic heterocycles. The van der Waals surface area contributed by atoms with Crippen LogP contribution < -0.4 is 4.72 Å². The van der Waals surface area contributed by atoms with E-state index < -0.39 is 10.0 Å². The number of benzene rings is 2.